The topological polar surface area (TPSA) is 72.7 Å². The molecule has 0 atom stereocenters. The second-order valence-corrected chi connectivity index (χ2v) is 4.03. The van der Waals surface area contributed by atoms with Gasteiger partial charge in [0.2, 0.25) is 5.91 Å². The molecular weight excluding hydrogens is 260 g/mol. The minimum absolute atomic E-state index is 0.117. The molecule has 0 aromatic heterocycles. The number of carbonyl (C=O) groups excluding carboxylic acids is 1. The number of rotatable bonds is 6. The fourth-order valence-corrected chi connectivity index (χ4v) is 1.76. The molecule has 0 unspecified atom stereocenters. The Bertz CT molecular complexity index is 522. The zero-order valence-corrected chi connectivity index (χ0v) is 11.8. The highest BCUT2D eigenvalue weighted by molar-refractivity contribution is 5.91. The Morgan fingerprint density at radius 3 is 2.55 bits per heavy atom. The minimum Gasteiger partial charge on any atom is -0.490 e. The molecular formula is C14H18N2O4. The Kier molecular flexibility index (Phi) is 5.71. The maximum atomic E-state index is 11.8. The van der Waals surface area contributed by atoms with E-state index in [1.807, 2.05) is 13.8 Å². The molecule has 0 spiro atoms. The van der Waals surface area contributed by atoms with E-state index >= 15 is 0 Å². The first-order valence-corrected chi connectivity index (χ1v) is 6.32. The Morgan fingerprint density at radius 1 is 1.40 bits per heavy atom. The van der Waals surface area contributed by atoms with E-state index in [4.69, 9.17) is 4.74 Å². The van der Waals surface area contributed by atoms with Gasteiger partial charge in [-0.25, -0.2) is 0 Å². The van der Waals surface area contributed by atoms with Crippen molar-refractivity contribution < 1.29 is 14.5 Å². The van der Waals surface area contributed by atoms with E-state index < -0.39 is 4.92 Å². The van der Waals surface area contributed by atoms with Gasteiger partial charge in [-0.15, -0.1) is 0 Å². The van der Waals surface area contributed by atoms with Crippen LogP contribution in [0.15, 0.2) is 24.3 Å². The van der Waals surface area contributed by atoms with Gasteiger partial charge < -0.3 is 9.64 Å². The van der Waals surface area contributed by atoms with Gasteiger partial charge in [0.15, 0.2) is 5.75 Å². The lowest BCUT2D eigenvalue weighted by Crippen LogP contribution is -2.28. The third kappa shape index (κ3) is 3.81. The molecule has 6 nitrogen and oxygen atoms in total. The molecule has 0 fully saturated rings. The third-order valence-electron chi connectivity index (χ3n) is 2.89. The minimum atomic E-state index is -0.512. The van der Waals surface area contributed by atoms with Crippen molar-refractivity contribution in [3.05, 3.63) is 40.0 Å². The van der Waals surface area contributed by atoms with E-state index in [1.54, 1.807) is 17.0 Å². The number of likely N-dealkylation sites (N-methyl/N-ethyl adjacent to an activating group) is 1. The van der Waals surface area contributed by atoms with Crippen LogP contribution in [0, 0.1) is 10.1 Å². The van der Waals surface area contributed by atoms with Gasteiger partial charge in [-0.05, 0) is 31.6 Å². The molecule has 0 aliphatic rings. The molecule has 0 N–H and O–H groups in total. The Labute approximate surface area is 117 Å². The summed E-state index contributed by atoms with van der Waals surface area (Å²) in [6.45, 7) is 5.05. The quantitative estimate of drug-likeness (QED) is 0.455. The molecule has 0 saturated heterocycles. The molecule has 6 heteroatoms. The van der Waals surface area contributed by atoms with Gasteiger partial charge in [0.25, 0.3) is 0 Å². The summed E-state index contributed by atoms with van der Waals surface area (Å²) in [5.74, 6) is 0.0793. The van der Waals surface area contributed by atoms with Gasteiger partial charge in [0, 0.05) is 25.2 Å². The van der Waals surface area contributed by atoms with Crippen molar-refractivity contribution in [1.29, 1.82) is 0 Å². The number of nitro groups is 1. The van der Waals surface area contributed by atoms with E-state index in [0.717, 1.165) is 0 Å². The van der Waals surface area contributed by atoms with E-state index in [0.29, 0.717) is 18.7 Å². The Hall–Kier alpha value is -2.37. The molecule has 1 amide bonds. The summed E-state index contributed by atoms with van der Waals surface area (Å²) >= 11 is 0. The Balaban J connectivity index is 2.96. The number of ether oxygens (including phenoxy) is 1. The summed E-state index contributed by atoms with van der Waals surface area (Å²) in [6.07, 6.45) is 2.98. The van der Waals surface area contributed by atoms with Crippen LogP contribution in [0.2, 0.25) is 0 Å². The summed E-state index contributed by atoms with van der Waals surface area (Å²) < 4.78 is 4.92. The first-order valence-electron chi connectivity index (χ1n) is 6.32. The molecule has 0 aliphatic heterocycles. The highest BCUT2D eigenvalue weighted by Gasteiger charge is 2.14. The van der Waals surface area contributed by atoms with Gasteiger partial charge in [0.1, 0.15) is 0 Å². The van der Waals surface area contributed by atoms with Gasteiger partial charge in [-0.2, -0.15) is 0 Å². The number of carbonyl (C=O) groups is 1. The molecule has 1 aromatic rings. The summed E-state index contributed by atoms with van der Waals surface area (Å²) in [5, 5.41) is 10.9. The van der Waals surface area contributed by atoms with E-state index in [-0.39, 0.29) is 17.3 Å². The maximum absolute atomic E-state index is 11.8. The number of benzene rings is 1. The number of hydrogen-bond donors (Lipinski definition) is 0. The number of nitro benzene ring substituents is 1. The summed E-state index contributed by atoms with van der Waals surface area (Å²) in [5.41, 5.74) is 0.461. The molecule has 0 saturated carbocycles. The summed E-state index contributed by atoms with van der Waals surface area (Å²) in [6, 6.07) is 4.56. The fraction of sp³-hybridized carbons (Fsp3) is 0.357. The molecule has 0 aliphatic carbocycles. The van der Waals surface area contributed by atoms with Crippen molar-refractivity contribution in [3.63, 3.8) is 0 Å². The summed E-state index contributed by atoms with van der Waals surface area (Å²) in [7, 11) is 1.38. The average molecular weight is 278 g/mol. The first kappa shape index (κ1) is 15.7. The van der Waals surface area contributed by atoms with Gasteiger partial charge >= 0.3 is 5.69 Å². The van der Waals surface area contributed by atoms with Crippen LogP contribution in [0.1, 0.15) is 19.4 Å². The molecule has 1 rings (SSSR count). The number of methoxy groups -OCH3 is 1. The predicted octanol–water partition coefficient (Wildman–Crippen LogP) is 2.49. The van der Waals surface area contributed by atoms with Crippen LogP contribution in [0.3, 0.4) is 0 Å². The highest BCUT2D eigenvalue weighted by Crippen LogP contribution is 2.27. The monoisotopic (exact) mass is 278 g/mol. The molecule has 1 aromatic carbocycles. The number of nitrogens with zero attached hydrogens (tertiary/aromatic N) is 2. The van der Waals surface area contributed by atoms with Crippen molar-refractivity contribution in [2.24, 2.45) is 0 Å². The lowest BCUT2D eigenvalue weighted by atomic mass is 10.1. The fourth-order valence-electron chi connectivity index (χ4n) is 1.76. The second kappa shape index (κ2) is 7.28. The second-order valence-electron chi connectivity index (χ2n) is 4.03. The van der Waals surface area contributed by atoms with Gasteiger partial charge in [-0.3, -0.25) is 14.9 Å². The van der Waals surface area contributed by atoms with E-state index in [1.165, 1.54) is 25.3 Å². The largest absolute Gasteiger partial charge is 0.490 e. The van der Waals surface area contributed by atoms with E-state index in [9.17, 15) is 14.9 Å². The van der Waals surface area contributed by atoms with Crippen LogP contribution in [0.4, 0.5) is 5.69 Å². The smallest absolute Gasteiger partial charge is 0.311 e. The van der Waals surface area contributed by atoms with Gasteiger partial charge in [0.05, 0.1) is 12.0 Å². The van der Waals surface area contributed by atoms with Crippen LogP contribution in [0.25, 0.3) is 6.08 Å². The number of amides is 1. The molecule has 0 heterocycles. The first-order chi connectivity index (χ1) is 9.53. The number of hydrogen-bond acceptors (Lipinski definition) is 4. The SMILES string of the molecule is CCN(CC)C(=O)C=Cc1ccc(OC)c([N+](=O)[O-])c1. The van der Waals surface area contributed by atoms with Crippen LogP contribution in [-0.2, 0) is 4.79 Å². The lowest BCUT2D eigenvalue weighted by Gasteiger charge is -2.15. The predicted molar refractivity (Wildman–Crippen MR) is 76.6 cm³/mol. The normalized spacial score (nSPS) is 10.6. The zero-order valence-electron chi connectivity index (χ0n) is 11.8. The van der Waals surface area contributed by atoms with E-state index in [2.05, 4.69) is 0 Å². The Morgan fingerprint density at radius 2 is 2.05 bits per heavy atom. The van der Waals surface area contributed by atoms with Crippen LogP contribution in [-0.4, -0.2) is 35.9 Å². The lowest BCUT2D eigenvalue weighted by molar-refractivity contribution is -0.385. The molecule has 108 valence electrons. The van der Waals surface area contributed by atoms with Crippen molar-refractivity contribution in [3.8, 4) is 5.75 Å². The van der Waals surface area contributed by atoms with Crippen molar-refractivity contribution in [2.45, 2.75) is 13.8 Å². The maximum Gasteiger partial charge on any atom is 0.311 e. The van der Waals surface area contributed by atoms with Crippen LogP contribution >= 0.6 is 0 Å². The standard InChI is InChI=1S/C14H18N2O4/c1-4-15(5-2)14(17)9-7-11-6-8-13(20-3)12(10-11)16(18)19/h6-10H,4-5H2,1-3H3. The van der Waals surface area contributed by atoms with Crippen LogP contribution in [0.5, 0.6) is 5.75 Å². The summed E-state index contributed by atoms with van der Waals surface area (Å²) in [4.78, 5) is 23.8. The molecule has 0 radical (unpaired) electrons. The molecule has 20 heavy (non-hydrogen) atoms. The van der Waals surface area contributed by atoms with Gasteiger partial charge in [-0.1, -0.05) is 6.07 Å². The zero-order chi connectivity index (χ0) is 15.1. The van der Waals surface area contributed by atoms with Crippen molar-refractivity contribution in [1.82, 2.24) is 4.90 Å². The van der Waals surface area contributed by atoms with Crippen molar-refractivity contribution in [2.75, 3.05) is 20.2 Å². The average Bonchev–Trinajstić information content (AvgIpc) is 2.46. The highest BCUT2D eigenvalue weighted by atomic mass is 16.6. The molecule has 0 bridgehead atoms. The van der Waals surface area contributed by atoms with Crippen molar-refractivity contribution >= 4 is 17.7 Å². The van der Waals surface area contributed by atoms with Crippen LogP contribution < -0.4 is 4.74 Å². The third-order valence-corrected chi connectivity index (χ3v) is 2.89.